The average molecular weight is 1220 g/mol. The van der Waals surface area contributed by atoms with Gasteiger partial charge in [-0.2, -0.15) is 0 Å². The van der Waals surface area contributed by atoms with Gasteiger partial charge in [-0.25, -0.2) is 5.06 Å². The third kappa shape index (κ3) is 18.7. The first-order chi connectivity index (χ1) is 39.7. The van der Waals surface area contributed by atoms with Crippen molar-refractivity contribution in [1.82, 2.24) is 55.7 Å². The fourth-order valence-electron chi connectivity index (χ4n) is 11.2. The van der Waals surface area contributed by atoms with Crippen LogP contribution in [-0.2, 0) is 57.6 Å². The number of rotatable bonds is 14. The van der Waals surface area contributed by atoms with Crippen molar-refractivity contribution in [2.75, 3.05) is 48.9 Å². The standard InChI is InChI=1S/C62H109N11O13/c1-25-27-28-38(13)49-48-53(77)65-42(26-2)57(81)67(19)41(16)56(80)72(24)50(62(17,18)32-74)54(78)66-46(36(9)10)60(84)68(20)43(29-33(3)4)52(76)63-39(14)51(75)64-40(15)55(79)69(21)44(30-34(5)6)58(82)70(22)45(31-35(7)8)59(83)71(23)47(37(11)12)61(85)73(48)86-49/h25,27,33-50,74H,26,28-32H2,1-24H3,(H,63,76)(H,64,75)(H,65,77)(H,66,78)/b27-25+/t38-,39+,40-,41-,42+,43+,44+,45+,46+,47+,48+,49-,50-/m1/s1. The Kier molecular flexibility index (Phi) is 28.9. The quantitative estimate of drug-likeness (QED) is 0.157. The molecule has 2 saturated heterocycles. The third-order valence-electron chi connectivity index (χ3n) is 16.8. The molecule has 2 aliphatic rings. The summed E-state index contributed by atoms with van der Waals surface area (Å²) in [5, 5.41) is 22.7. The van der Waals surface area contributed by atoms with Gasteiger partial charge in [-0.3, -0.25) is 57.6 Å². The van der Waals surface area contributed by atoms with E-state index < -0.39 is 161 Å². The van der Waals surface area contributed by atoms with Gasteiger partial charge in [-0.15, -0.1) is 0 Å². The van der Waals surface area contributed by atoms with Gasteiger partial charge in [0.15, 0.2) is 6.04 Å². The molecule has 2 fully saturated rings. The van der Waals surface area contributed by atoms with Gasteiger partial charge < -0.3 is 55.8 Å². The lowest BCUT2D eigenvalue weighted by atomic mass is 9.83. The predicted octanol–water partition coefficient (Wildman–Crippen LogP) is 2.95. The Morgan fingerprint density at radius 3 is 1.47 bits per heavy atom. The third-order valence-corrected chi connectivity index (χ3v) is 16.8. The minimum absolute atomic E-state index is 0.0394. The molecule has 13 atom stereocenters. The summed E-state index contributed by atoms with van der Waals surface area (Å²) in [6.45, 7) is 30.2. The molecule has 2 heterocycles. The highest BCUT2D eigenvalue weighted by molar-refractivity contribution is 6.00. The first-order valence-electron chi connectivity index (χ1n) is 30.7. The minimum Gasteiger partial charge on any atom is -0.396 e. The zero-order chi connectivity index (χ0) is 66.5. The number of carbonyl (C=O) groups is 11. The van der Waals surface area contributed by atoms with E-state index in [1.165, 1.54) is 82.7 Å². The zero-order valence-corrected chi connectivity index (χ0v) is 56.3. The maximum atomic E-state index is 15.1. The molecule has 0 aliphatic carbocycles. The van der Waals surface area contributed by atoms with Crippen molar-refractivity contribution in [3.63, 3.8) is 0 Å². The smallest absolute Gasteiger partial charge is 0.270 e. The van der Waals surface area contributed by atoms with E-state index in [0.717, 1.165) is 14.9 Å². The second-order valence-electron chi connectivity index (χ2n) is 26.7. The molecule has 490 valence electrons. The lowest BCUT2D eigenvalue weighted by Crippen LogP contribution is -2.72. The molecule has 0 unspecified atom stereocenters. The fourth-order valence-corrected chi connectivity index (χ4v) is 11.2. The number of hydrogen-bond acceptors (Lipinski definition) is 13. The topological polar surface area (TPSA) is 288 Å². The van der Waals surface area contributed by atoms with Gasteiger partial charge in [0.25, 0.3) is 5.91 Å². The van der Waals surface area contributed by atoms with Crippen LogP contribution >= 0.6 is 0 Å². The molecule has 0 bridgehead atoms. The van der Waals surface area contributed by atoms with Crippen molar-refractivity contribution < 1.29 is 62.7 Å². The van der Waals surface area contributed by atoms with Crippen molar-refractivity contribution in [1.29, 1.82) is 0 Å². The summed E-state index contributed by atoms with van der Waals surface area (Å²) in [6, 6.07) is -13.7. The van der Waals surface area contributed by atoms with Crippen molar-refractivity contribution >= 4 is 65.0 Å². The number of likely N-dealkylation sites (N-methyl/N-ethyl adjacent to an activating group) is 6. The molecule has 24 heteroatoms. The van der Waals surface area contributed by atoms with Crippen molar-refractivity contribution in [3.8, 4) is 0 Å². The summed E-state index contributed by atoms with van der Waals surface area (Å²) < 4.78 is 0. The van der Waals surface area contributed by atoms with Crippen LogP contribution in [0.2, 0.25) is 0 Å². The van der Waals surface area contributed by atoms with Crippen LogP contribution in [0.4, 0.5) is 0 Å². The summed E-state index contributed by atoms with van der Waals surface area (Å²) in [4.78, 5) is 175. The number of aliphatic hydroxyl groups is 1. The van der Waals surface area contributed by atoms with Crippen LogP contribution in [0.3, 0.4) is 0 Å². The highest BCUT2D eigenvalue weighted by Crippen LogP contribution is 2.34. The van der Waals surface area contributed by atoms with Crippen molar-refractivity contribution in [2.24, 2.45) is 40.9 Å². The molecule has 0 saturated carbocycles. The van der Waals surface area contributed by atoms with E-state index in [4.69, 9.17) is 4.84 Å². The van der Waals surface area contributed by atoms with E-state index in [-0.39, 0.29) is 49.4 Å². The first kappa shape index (κ1) is 75.9. The first-order valence-corrected chi connectivity index (χ1v) is 30.7. The minimum atomic E-state index is -1.44. The molecule has 11 amide bonds. The fraction of sp³-hybridized carbons (Fsp3) is 0.790. The van der Waals surface area contributed by atoms with Crippen molar-refractivity contribution in [3.05, 3.63) is 12.2 Å². The van der Waals surface area contributed by atoms with Crippen LogP contribution < -0.4 is 21.3 Å². The zero-order valence-electron chi connectivity index (χ0n) is 56.3. The van der Waals surface area contributed by atoms with Crippen molar-refractivity contribution in [2.45, 2.75) is 229 Å². The summed E-state index contributed by atoms with van der Waals surface area (Å²) in [5.41, 5.74) is -1.34. The maximum Gasteiger partial charge on any atom is 0.270 e. The number of nitrogens with zero attached hydrogens (tertiary/aromatic N) is 7. The molecule has 2 aliphatic heterocycles. The lowest BCUT2D eigenvalue weighted by Gasteiger charge is -2.50. The summed E-state index contributed by atoms with van der Waals surface area (Å²) in [7, 11) is 8.49. The normalized spacial score (nSPS) is 28.7. The molecule has 0 aromatic heterocycles. The van der Waals surface area contributed by atoms with E-state index in [0.29, 0.717) is 6.42 Å². The molecule has 86 heavy (non-hydrogen) atoms. The number of hydroxylamine groups is 2. The Morgan fingerprint density at radius 1 is 0.523 bits per heavy atom. The van der Waals surface area contributed by atoms with E-state index in [1.807, 2.05) is 67.5 Å². The SMILES string of the molecule is C/C=C/C[C@@H](C)[C@H]1ON2C(=O)[C@H](C(C)C)N(C)C(=O)[C@H](CC(C)C)N(C)C(=O)[C@H](CC(C)C)N(C)C(=O)[C@@H](C)NC(=O)[C@H](C)NC(=O)[C@H](CC(C)C)N(C)C(=O)[C@H](C(C)C)NC(=O)[C@H](C(C)(C)CO)N(C)C(=O)[C@@H](C)N(C)C(=O)[C@H](CC)NC(=O)[C@H]12. The predicted molar refractivity (Wildman–Crippen MR) is 327 cm³/mol. The van der Waals surface area contributed by atoms with Gasteiger partial charge >= 0.3 is 0 Å². The van der Waals surface area contributed by atoms with Gasteiger partial charge in [-0.05, 0) is 95.3 Å². The Balaban J connectivity index is 2.98. The monoisotopic (exact) mass is 1220 g/mol. The maximum absolute atomic E-state index is 15.1. The van der Waals surface area contributed by atoms with Gasteiger partial charge in [0.1, 0.15) is 66.5 Å². The number of fused-ring (bicyclic) bond motifs is 1. The second kappa shape index (κ2) is 32.7. The Morgan fingerprint density at radius 2 is 1.00 bits per heavy atom. The molecule has 0 spiro atoms. The van der Waals surface area contributed by atoms with Crippen LogP contribution in [0.1, 0.15) is 157 Å². The van der Waals surface area contributed by atoms with Crippen LogP contribution in [0.15, 0.2) is 12.2 Å². The van der Waals surface area contributed by atoms with Crippen LogP contribution in [-0.4, -0.2) is 226 Å². The molecule has 5 N–H and O–H groups in total. The lowest BCUT2D eigenvalue weighted by molar-refractivity contribution is -0.321. The van der Waals surface area contributed by atoms with Crippen LogP contribution in [0, 0.1) is 40.9 Å². The Bertz CT molecular complexity index is 2430. The van der Waals surface area contributed by atoms with E-state index in [9.17, 15) is 48.3 Å². The van der Waals surface area contributed by atoms with Crippen LogP contribution in [0.5, 0.6) is 0 Å². The Labute approximate surface area is 512 Å². The van der Waals surface area contributed by atoms with E-state index in [1.54, 1.807) is 48.5 Å². The largest absolute Gasteiger partial charge is 0.396 e. The average Bonchev–Trinajstić information content (AvgIpc) is 1.17. The summed E-state index contributed by atoms with van der Waals surface area (Å²) in [6.07, 6.45) is 3.82. The van der Waals surface area contributed by atoms with E-state index >= 15 is 9.59 Å². The van der Waals surface area contributed by atoms with Gasteiger partial charge in [0, 0.05) is 47.7 Å². The number of carbonyl (C=O) groups excluding carboxylic acids is 11. The highest BCUT2D eigenvalue weighted by Gasteiger charge is 2.55. The molecule has 0 aromatic rings. The Hall–Kier alpha value is -6.17. The number of hydrogen-bond donors (Lipinski definition) is 5. The molecule has 0 aromatic carbocycles. The number of aliphatic hydroxyl groups excluding tert-OH is 1. The molecular formula is C62H109N11O13. The van der Waals surface area contributed by atoms with Gasteiger partial charge in [-0.1, -0.05) is 109 Å². The van der Waals surface area contributed by atoms with Gasteiger partial charge in [0.05, 0.1) is 6.61 Å². The van der Waals surface area contributed by atoms with E-state index in [2.05, 4.69) is 21.3 Å². The second-order valence-corrected chi connectivity index (χ2v) is 26.7. The molecule has 0 radical (unpaired) electrons. The molecule has 2 rings (SSSR count). The van der Waals surface area contributed by atoms with Gasteiger partial charge in [0.2, 0.25) is 59.1 Å². The number of allylic oxidation sites excluding steroid dienone is 2. The molecule has 24 nitrogen and oxygen atoms in total. The highest BCUT2D eigenvalue weighted by atomic mass is 16.7. The summed E-state index contributed by atoms with van der Waals surface area (Å²) >= 11 is 0. The number of nitrogens with one attached hydrogen (secondary N) is 4. The number of amides is 11. The van der Waals surface area contributed by atoms with Crippen LogP contribution in [0.25, 0.3) is 0 Å². The summed E-state index contributed by atoms with van der Waals surface area (Å²) in [5.74, 6) is -9.56. The molecular weight excluding hydrogens is 1110 g/mol.